The van der Waals surface area contributed by atoms with Crippen LogP contribution in [-0.4, -0.2) is 50.6 Å². The number of methoxy groups -OCH3 is 2. The molecule has 1 unspecified atom stereocenters. The van der Waals surface area contributed by atoms with E-state index in [1.807, 2.05) is 0 Å². The minimum absolute atomic E-state index is 0.309. The van der Waals surface area contributed by atoms with E-state index in [0.29, 0.717) is 26.0 Å². The lowest BCUT2D eigenvalue weighted by Gasteiger charge is -2.24. The molecule has 2 aliphatic rings. The molecule has 1 fully saturated rings. The number of rotatable bonds is 4. The van der Waals surface area contributed by atoms with Crippen molar-refractivity contribution in [2.24, 2.45) is 0 Å². The maximum Gasteiger partial charge on any atom is 0.123 e. The molecule has 1 saturated heterocycles. The number of allylic oxidation sites excluding steroid dienone is 1. The molecule has 3 rings (SSSR count). The lowest BCUT2D eigenvalue weighted by molar-refractivity contribution is 0.0108. The highest BCUT2D eigenvalue weighted by Gasteiger charge is 2.26. The van der Waals surface area contributed by atoms with Crippen LogP contribution in [0.1, 0.15) is 36.5 Å². The van der Waals surface area contributed by atoms with Crippen molar-refractivity contribution in [1.29, 1.82) is 0 Å². The molecule has 1 aromatic carbocycles. The fraction of sp³-hybridized carbons (Fsp3) is 0.579. The van der Waals surface area contributed by atoms with Crippen LogP contribution in [0.2, 0.25) is 0 Å². The zero-order valence-electron chi connectivity index (χ0n) is 15.2. The predicted molar refractivity (Wildman–Crippen MR) is 93.8 cm³/mol. The average molecular weight is 332 g/mol. The Morgan fingerprint density at radius 3 is 2.75 bits per heavy atom. The van der Waals surface area contributed by atoms with Gasteiger partial charge in [0.2, 0.25) is 0 Å². The van der Waals surface area contributed by atoms with Crippen LogP contribution in [0.25, 0.3) is 0 Å². The molecule has 0 bridgehead atoms. The Kier molecular flexibility index (Phi) is 5.43. The van der Waals surface area contributed by atoms with E-state index in [2.05, 4.69) is 41.9 Å². The fourth-order valence-corrected chi connectivity index (χ4v) is 3.64. The summed E-state index contributed by atoms with van der Waals surface area (Å²) in [6.45, 7) is 9.11. The minimum Gasteiger partial charge on any atom is -0.496 e. The van der Waals surface area contributed by atoms with E-state index in [1.54, 1.807) is 14.2 Å². The largest absolute Gasteiger partial charge is 0.496 e. The molecule has 1 aromatic rings. The lowest BCUT2D eigenvalue weighted by Crippen LogP contribution is -2.28. The Morgan fingerprint density at radius 2 is 2.04 bits per heavy atom. The first-order valence-corrected chi connectivity index (χ1v) is 8.60. The van der Waals surface area contributed by atoms with Gasteiger partial charge in [-0.15, -0.1) is 0 Å². The summed E-state index contributed by atoms with van der Waals surface area (Å²) in [6.07, 6.45) is 2.36. The molecule has 0 amide bonds. The van der Waals surface area contributed by atoms with Gasteiger partial charge in [-0.1, -0.05) is 26.0 Å². The van der Waals surface area contributed by atoms with E-state index in [0.717, 1.165) is 30.9 Å². The second-order valence-corrected chi connectivity index (χ2v) is 6.56. The fourth-order valence-electron chi connectivity index (χ4n) is 3.64. The number of nitrogens with zero attached hydrogens (tertiary/aromatic N) is 2. The minimum atomic E-state index is 0.309. The van der Waals surface area contributed by atoms with Gasteiger partial charge in [0, 0.05) is 37.4 Å². The van der Waals surface area contributed by atoms with Crippen LogP contribution in [-0.2, 0) is 22.6 Å². The topological polar surface area (TPSA) is 34.2 Å². The number of hydrogen-bond donors (Lipinski definition) is 0. The molecule has 132 valence electrons. The summed E-state index contributed by atoms with van der Waals surface area (Å²) in [7, 11) is 3.47. The molecule has 0 N–H and O–H groups in total. The van der Waals surface area contributed by atoms with Crippen molar-refractivity contribution < 1.29 is 14.2 Å². The summed E-state index contributed by atoms with van der Waals surface area (Å²) in [4.78, 5) is 4.66. The molecular weight excluding hydrogens is 304 g/mol. The molecule has 0 aromatic heterocycles. The van der Waals surface area contributed by atoms with Crippen molar-refractivity contribution in [3.05, 3.63) is 40.6 Å². The number of benzene rings is 1. The molecule has 0 saturated carbocycles. The molecule has 5 nitrogen and oxygen atoms in total. The van der Waals surface area contributed by atoms with Gasteiger partial charge in [-0.05, 0) is 23.7 Å². The highest BCUT2D eigenvalue weighted by Crippen LogP contribution is 2.37. The van der Waals surface area contributed by atoms with Crippen molar-refractivity contribution in [3.63, 3.8) is 0 Å². The van der Waals surface area contributed by atoms with Gasteiger partial charge in [-0.3, -0.25) is 4.90 Å². The summed E-state index contributed by atoms with van der Waals surface area (Å²) in [5.74, 6) is 1.26. The zero-order valence-corrected chi connectivity index (χ0v) is 15.2. The first-order chi connectivity index (χ1) is 11.7. The average Bonchev–Trinajstić information content (AvgIpc) is 2.83. The summed E-state index contributed by atoms with van der Waals surface area (Å²) in [5.41, 5.74) is 5.07. The van der Waals surface area contributed by atoms with Crippen LogP contribution >= 0.6 is 0 Å². The van der Waals surface area contributed by atoms with E-state index in [1.165, 1.54) is 16.8 Å². The van der Waals surface area contributed by atoms with Crippen molar-refractivity contribution in [2.45, 2.75) is 32.9 Å². The number of hydrogen-bond acceptors (Lipinski definition) is 5. The Morgan fingerprint density at radius 1 is 1.21 bits per heavy atom. The van der Waals surface area contributed by atoms with Crippen LogP contribution < -0.4 is 4.74 Å². The van der Waals surface area contributed by atoms with Crippen molar-refractivity contribution in [1.82, 2.24) is 9.80 Å². The normalized spacial score (nSPS) is 21.4. The van der Waals surface area contributed by atoms with Gasteiger partial charge in [0.15, 0.2) is 0 Å². The van der Waals surface area contributed by atoms with Gasteiger partial charge in [0.25, 0.3) is 0 Å². The maximum absolute atomic E-state index is 5.86. The molecule has 2 aliphatic heterocycles. The maximum atomic E-state index is 5.86. The second kappa shape index (κ2) is 7.55. The van der Waals surface area contributed by atoms with E-state index in [-0.39, 0.29) is 0 Å². The summed E-state index contributed by atoms with van der Waals surface area (Å²) in [5, 5.41) is 0. The third-order valence-electron chi connectivity index (χ3n) is 4.84. The quantitative estimate of drug-likeness (QED) is 0.847. The standard InChI is InChI=1S/C19H28N2O3/c1-5-20-10-17-6-14(2)19-16(9-21(17)13-24-12-20)7-15(11-22-3)8-18(19)23-4/h6-8,14H,5,9-13H2,1-4H3. The molecular formula is C19H28N2O3. The van der Waals surface area contributed by atoms with E-state index >= 15 is 0 Å². The second-order valence-electron chi connectivity index (χ2n) is 6.56. The van der Waals surface area contributed by atoms with Crippen molar-refractivity contribution >= 4 is 0 Å². The van der Waals surface area contributed by atoms with Crippen LogP contribution in [0.15, 0.2) is 23.9 Å². The Balaban J connectivity index is 2.00. The van der Waals surface area contributed by atoms with Crippen molar-refractivity contribution in [3.8, 4) is 5.75 Å². The predicted octanol–water partition coefficient (Wildman–Crippen LogP) is 2.91. The van der Waals surface area contributed by atoms with Crippen molar-refractivity contribution in [2.75, 3.05) is 40.8 Å². The first-order valence-electron chi connectivity index (χ1n) is 8.60. The molecule has 1 atom stereocenters. The lowest BCUT2D eigenvalue weighted by atomic mass is 9.93. The SMILES string of the molecule is CCN1COCN2Cc3cc(COC)cc(OC)c3C(C)C=C2C1. The zero-order chi connectivity index (χ0) is 17.1. The molecule has 24 heavy (non-hydrogen) atoms. The van der Waals surface area contributed by atoms with Crippen LogP contribution in [0.5, 0.6) is 5.75 Å². The third kappa shape index (κ3) is 3.43. The highest BCUT2D eigenvalue weighted by atomic mass is 16.5. The molecule has 0 radical (unpaired) electrons. The number of fused-ring (bicyclic) bond motifs is 2. The summed E-state index contributed by atoms with van der Waals surface area (Å²) < 4.78 is 16.9. The Labute approximate surface area is 144 Å². The summed E-state index contributed by atoms with van der Waals surface area (Å²) >= 11 is 0. The van der Waals surface area contributed by atoms with Crippen LogP contribution in [0.4, 0.5) is 0 Å². The van der Waals surface area contributed by atoms with E-state index in [9.17, 15) is 0 Å². The van der Waals surface area contributed by atoms with E-state index < -0.39 is 0 Å². The molecule has 2 heterocycles. The van der Waals surface area contributed by atoms with Gasteiger partial charge in [0.05, 0.1) is 13.7 Å². The third-order valence-corrected chi connectivity index (χ3v) is 4.84. The molecule has 0 spiro atoms. The first kappa shape index (κ1) is 17.3. The number of ether oxygens (including phenoxy) is 3. The number of likely N-dealkylation sites (N-methyl/N-ethyl adjacent to an activating group) is 1. The van der Waals surface area contributed by atoms with Gasteiger partial charge in [-0.25, -0.2) is 0 Å². The summed E-state index contributed by atoms with van der Waals surface area (Å²) in [6, 6.07) is 4.35. The van der Waals surface area contributed by atoms with Crippen LogP contribution in [0, 0.1) is 0 Å². The monoisotopic (exact) mass is 332 g/mol. The molecule has 5 heteroatoms. The van der Waals surface area contributed by atoms with E-state index in [4.69, 9.17) is 14.2 Å². The molecule has 0 aliphatic carbocycles. The van der Waals surface area contributed by atoms with Crippen LogP contribution in [0.3, 0.4) is 0 Å². The highest BCUT2D eigenvalue weighted by molar-refractivity contribution is 5.49. The van der Waals surface area contributed by atoms with Gasteiger partial charge in [0.1, 0.15) is 19.2 Å². The van der Waals surface area contributed by atoms with Gasteiger partial charge >= 0.3 is 0 Å². The Bertz CT molecular complexity index is 615. The smallest absolute Gasteiger partial charge is 0.123 e. The Hall–Kier alpha value is -1.56. The van der Waals surface area contributed by atoms with Gasteiger partial charge < -0.3 is 19.1 Å². The van der Waals surface area contributed by atoms with Gasteiger partial charge in [-0.2, -0.15) is 0 Å².